The first-order valence-electron chi connectivity index (χ1n) is 21.1. The van der Waals surface area contributed by atoms with Crippen molar-refractivity contribution in [2.75, 3.05) is 13.1 Å². The van der Waals surface area contributed by atoms with Crippen molar-refractivity contribution in [1.29, 1.82) is 0 Å². The fraction of sp³-hybridized carbons (Fsp3) is 0.271. The molecule has 8 N–H and O–H groups in total. The molecule has 1 unspecified atom stereocenters. The number of phenols is 1. The fourth-order valence-corrected chi connectivity index (χ4v) is 7.68. The summed E-state index contributed by atoms with van der Waals surface area (Å²) in [5, 5.41) is 37.0. The lowest BCUT2D eigenvalue weighted by molar-refractivity contribution is -0.136. The van der Waals surface area contributed by atoms with E-state index in [0.29, 0.717) is 40.8 Å². The number of aromatic hydroxyl groups is 1. The van der Waals surface area contributed by atoms with Gasteiger partial charge in [0.25, 0.3) is 35.4 Å². The molecule has 8 bridgehead atoms. The number of nitrogens with zero attached hydrogens (tertiary/aromatic N) is 2. The summed E-state index contributed by atoms with van der Waals surface area (Å²) in [6.45, 7) is 6.78. The van der Waals surface area contributed by atoms with Gasteiger partial charge in [-0.05, 0) is 109 Å². The van der Waals surface area contributed by atoms with Crippen molar-refractivity contribution in [1.82, 2.24) is 41.9 Å². The number of carbonyl (C=O) groups excluding carboxylic acids is 6. The summed E-state index contributed by atoms with van der Waals surface area (Å²) in [4.78, 5) is 101. The molecule has 0 aliphatic carbocycles. The SMILES string of the molecule is Cc1c(C)c2c(c(C)c1O)CCC(C)(C(=O)NCCNC(=O)c1cc3ccc1CNC(=O)c1cccc(n1)C(=O)NCc1ccc(c(C(=O)O)c1)CNC(=O)c1cccc(n1)C(=O)NC3)O2. The summed E-state index contributed by atoms with van der Waals surface area (Å²) in [6.07, 6.45) is 0.895. The fourth-order valence-electron chi connectivity index (χ4n) is 7.68. The molecule has 66 heavy (non-hydrogen) atoms. The Hall–Kier alpha value is -8.15. The van der Waals surface area contributed by atoms with Crippen LogP contribution in [0.25, 0.3) is 0 Å². The van der Waals surface area contributed by atoms with E-state index < -0.39 is 41.1 Å². The van der Waals surface area contributed by atoms with Crippen LogP contribution in [-0.4, -0.2) is 80.3 Å². The number of amides is 6. The lowest BCUT2D eigenvalue weighted by Gasteiger charge is -2.36. The summed E-state index contributed by atoms with van der Waals surface area (Å²) >= 11 is 0. The molecule has 18 heteroatoms. The van der Waals surface area contributed by atoms with Crippen LogP contribution in [0.3, 0.4) is 0 Å². The lowest BCUT2D eigenvalue weighted by Crippen LogP contribution is -2.52. The number of aromatic nitrogens is 2. The van der Waals surface area contributed by atoms with E-state index in [4.69, 9.17) is 4.74 Å². The second-order valence-electron chi connectivity index (χ2n) is 16.2. The minimum absolute atomic E-state index is 0.0232. The zero-order valence-corrected chi connectivity index (χ0v) is 36.6. The van der Waals surface area contributed by atoms with E-state index in [1.54, 1.807) is 38.1 Å². The molecule has 6 amide bonds. The molecule has 5 aromatic rings. The van der Waals surface area contributed by atoms with Crippen LogP contribution >= 0.6 is 0 Å². The smallest absolute Gasteiger partial charge is 0.336 e. The van der Waals surface area contributed by atoms with Gasteiger partial charge < -0.3 is 46.9 Å². The van der Waals surface area contributed by atoms with Crippen LogP contribution in [0.15, 0.2) is 72.8 Å². The molecule has 18 nitrogen and oxygen atoms in total. The zero-order chi connectivity index (χ0) is 47.3. The van der Waals surface area contributed by atoms with Crippen LogP contribution in [0, 0.1) is 20.8 Å². The highest BCUT2D eigenvalue weighted by atomic mass is 16.5. The van der Waals surface area contributed by atoms with Crippen LogP contribution in [-0.2, 0) is 37.4 Å². The number of benzene rings is 3. The van der Waals surface area contributed by atoms with E-state index in [2.05, 4.69) is 41.9 Å². The number of carboxylic acid groups (broad SMARTS) is 1. The molecular weight excluding hydrogens is 849 g/mol. The Bertz CT molecular complexity index is 2830. The van der Waals surface area contributed by atoms with Gasteiger partial charge in [0.05, 0.1) is 5.56 Å². The minimum atomic E-state index is -1.25. The molecule has 7 heterocycles. The van der Waals surface area contributed by atoms with Crippen molar-refractivity contribution in [3.8, 4) is 11.5 Å². The van der Waals surface area contributed by atoms with Crippen molar-refractivity contribution in [3.63, 3.8) is 0 Å². The van der Waals surface area contributed by atoms with E-state index in [1.807, 2.05) is 13.8 Å². The average Bonchev–Trinajstić information content (AvgIpc) is 3.33. The Balaban J connectivity index is 1.08. The molecular formula is C48H48N8O10. The van der Waals surface area contributed by atoms with Crippen LogP contribution < -0.4 is 36.6 Å². The number of hydrogen-bond acceptors (Lipinski definition) is 11. The summed E-state index contributed by atoms with van der Waals surface area (Å²) in [5.41, 5.74) is 3.19. The van der Waals surface area contributed by atoms with Gasteiger partial charge in [-0.2, -0.15) is 0 Å². The molecule has 0 radical (unpaired) electrons. The highest BCUT2D eigenvalue weighted by molar-refractivity contribution is 5.99. The third-order valence-corrected chi connectivity index (χ3v) is 11.7. The number of rotatable bonds is 6. The van der Waals surface area contributed by atoms with E-state index in [9.17, 15) is 43.8 Å². The molecule has 0 saturated carbocycles. The largest absolute Gasteiger partial charge is 0.507 e. The number of carboxylic acids is 1. The maximum Gasteiger partial charge on any atom is 0.336 e. The van der Waals surface area contributed by atoms with Crippen LogP contribution in [0.4, 0.5) is 0 Å². The summed E-state index contributed by atoms with van der Waals surface area (Å²) in [5.74, 6) is -3.90. The number of aromatic carboxylic acids is 1. The Kier molecular flexibility index (Phi) is 13.4. The second kappa shape index (κ2) is 19.3. The van der Waals surface area contributed by atoms with E-state index in [1.165, 1.54) is 48.5 Å². The van der Waals surface area contributed by atoms with E-state index in [-0.39, 0.29) is 90.4 Å². The first-order valence-corrected chi connectivity index (χ1v) is 21.1. The van der Waals surface area contributed by atoms with Crippen molar-refractivity contribution in [2.45, 2.75) is 72.3 Å². The Labute approximate surface area is 379 Å². The predicted molar refractivity (Wildman–Crippen MR) is 238 cm³/mol. The third kappa shape index (κ3) is 9.97. The van der Waals surface area contributed by atoms with Gasteiger partial charge in [-0.1, -0.05) is 36.4 Å². The second-order valence-corrected chi connectivity index (χ2v) is 16.2. The monoisotopic (exact) mass is 896 g/mol. The maximum atomic E-state index is 13.8. The molecule has 3 aromatic carbocycles. The first-order chi connectivity index (χ1) is 31.5. The van der Waals surface area contributed by atoms with Gasteiger partial charge in [0.15, 0.2) is 5.60 Å². The predicted octanol–water partition coefficient (Wildman–Crippen LogP) is 3.47. The zero-order valence-electron chi connectivity index (χ0n) is 36.6. The molecule has 0 spiro atoms. The van der Waals surface area contributed by atoms with E-state index >= 15 is 0 Å². The number of carbonyl (C=O) groups is 7. The highest BCUT2D eigenvalue weighted by Gasteiger charge is 2.40. The molecule has 10 rings (SSSR count). The summed E-state index contributed by atoms with van der Waals surface area (Å²) < 4.78 is 6.29. The van der Waals surface area contributed by atoms with Crippen LogP contribution in [0.2, 0.25) is 0 Å². The molecule has 0 fully saturated rings. The number of fused-ring (bicyclic) bond motifs is 1. The van der Waals surface area contributed by atoms with Crippen LogP contribution in [0.5, 0.6) is 11.5 Å². The topological polar surface area (TPSA) is 267 Å². The van der Waals surface area contributed by atoms with Gasteiger partial charge in [0.2, 0.25) is 0 Å². The van der Waals surface area contributed by atoms with Gasteiger partial charge in [-0.3, -0.25) is 28.8 Å². The standard InChI is InChI=1S/C48H48N8O10/c1-25-26(2)40-32(27(3)39(25)57)15-16-48(4,66-40)47(65)50-18-17-49-41(58)33-19-28-11-13-30(33)23-53-44(61)37-9-5-8-36(55-37)43(60)52-22-29-12-14-31(34(20-29)46(63)64)24-54-45(62)38-10-6-7-35(56-38)42(59)51-21-28/h5-14,19-20,57H,15-18,21-24H2,1-4H3,(H,49,58)(H,50,65)(H,51,59)(H,52,60)(H,53,61)(H,54,62)(H,63,64). The minimum Gasteiger partial charge on any atom is -0.507 e. The van der Waals surface area contributed by atoms with E-state index in [0.717, 1.165) is 16.7 Å². The summed E-state index contributed by atoms with van der Waals surface area (Å²) in [7, 11) is 0. The van der Waals surface area contributed by atoms with Gasteiger partial charge >= 0.3 is 5.97 Å². The van der Waals surface area contributed by atoms with Crippen molar-refractivity contribution in [3.05, 3.63) is 151 Å². The lowest BCUT2D eigenvalue weighted by atomic mass is 9.86. The molecule has 0 saturated heterocycles. The third-order valence-electron chi connectivity index (χ3n) is 11.7. The first kappa shape index (κ1) is 45.9. The normalized spacial score (nSPS) is 16.4. The van der Waals surface area contributed by atoms with Gasteiger partial charge in [-0.25, -0.2) is 14.8 Å². The Morgan fingerprint density at radius 2 is 1.12 bits per heavy atom. The number of ether oxygens (including phenoxy) is 1. The quantitative estimate of drug-likeness (QED) is 0.114. The molecule has 5 aliphatic rings. The Morgan fingerprint density at radius 3 is 1.64 bits per heavy atom. The number of hydrogen-bond donors (Lipinski definition) is 8. The Morgan fingerprint density at radius 1 is 0.652 bits per heavy atom. The van der Waals surface area contributed by atoms with Gasteiger partial charge in [-0.15, -0.1) is 0 Å². The van der Waals surface area contributed by atoms with Gasteiger partial charge in [0.1, 0.15) is 34.3 Å². The molecule has 2 aromatic heterocycles. The van der Waals surface area contributed by atoms with Crippen molar-refractivity contribution >= 4 is 41.4 Å². The highest BCUT2D eigenvalue weighted by Crippen LogP contribution is 2.43. The molecule has 1 atom stereocenters. The van der Waals surface area contributed by atoms with Gasteiger partial charge in [0, 0.05) is 56.8 Å². The molecule has 5 aliphatic heterocycles. The maximum absolute atomic E-state index is 13.8. The molecule has 340 valence electrons. The number of pyridine rings is 2. The number of nitrogens with one attached hydrogen (secondary N) is 6. The average molecular weight is 897 g/mol. The number of phenolic OH excluding ortho intramolecular Hbond substituents is 1. The van der Waals surface area contributed by atoms with Crippen molar-refractivity contribution < 1.29 is 48.5 Å². The van der Waals surface area contributed by atoms with Crippen LogP contribution in [0.1, 0.15) is 121 Å². The summed E-state index contributed by atoms with van der Waals surface area (Å²) in [6, 6.07) is 17.9. The van der Waals surface area contributed by atoms with Crippen molar-refractivity contribution in [2.24, 2.45) is 0 Å².